The van der Waals surface area contributed by atoms with E-state index in [1.54, 1.807) is 0 Å². The third-order valence-electron chi connectivity index (χ3n) is 23.8. The van der Waals surface area contributed by atoms with Gasteiger partial charge in [-0.2, -0.15) is 0 Å². The number of hydrogen-bond donors (Lipinski definition) is 0. The lowest BCUT2D eigenvalue weighted by Gasteiger charge is -2.15. The summed E-state index contributed by atoms with van der Waals surface area (Å²) in [6.45, 7) is 0. The summed E-state index contributed by atoms with van der Waals surface area (Å²) in [7, 11) is 0. The summed E-state index contributed by atoms with van der Waals surface area (Å²) in [5.74, 6) is 3.69. The second kappa shape index (κ2) is 28.5. The van der Waals surface area contributed by atoms with E-state index in [1.165, 1.54) is 71.5 Å². The number of fused-ring (bicyclic) bond motifs is 23. The van der Waals surface area contributed by atoms with Gasteiger partial charge in [-0.3, -0.25) is 0 Å². The van der Waals surface area contributed by atoms with Gasteiger partial charge in [-0.05, 0) is 108 Å². The molecule has 0 aliphatic carbocycles. The molecule has 572 valence electrons. The average Bonchev–Trinajstić information content (AvgIpc) is 1.64. The van der Waals surface area contributed by atoms with E-state index in [9.17, 15) is 0 Å². The summed E-state index contributed by atoms with van der Waals surface area (Å²) in [5, 5.41) is 18.5. The molecule has 17 aromatic carbocycles. The lowest BCUT2D eigenvalue weighted by Crippen LogP contribution is -2.00. The summed E-state index contributed by atoms with van der Waals surface area (Å²) in [6.07, 6.45) is 0. The molecule has 0 aliphatic heterocycles. The van der Waals surface area contributed by atoms with Crippen molar-refractivity contribution in [1.82, 2.24) is 39.9 Å². The highest BCUT2D eigenvalue weighted by molar-refractivity contribution is 7.27. The quantitative estimate of drug-likeness (QED) is 0.122. The van der Waals surface area contributed by atoms with E-state index < -0.39 is 0 Å². The summed E-state index contributed by atoms with van der Waals surface area (Å²) in [5.41, 5.74) is 19.1. The summed E-state index contributed by atoms with van der Waals surface area (Å²) >= 11 is 5.49. The standard InChI is InChI=1S/C58H32N4S3.C52H30N4O2/c1-2-12-34(13-3-1)54-45-32-42(55-53(41-17-7-11-21-49(41)65-55)52(45)40-16-4-8-18-46(40)59-54)33-22-24-35(25-23-33)56-60-57(36-26-28-50-43(30-36)38-14-5-9-19-47(38)63-50)62-58(61-56)37-27-29-51-44(31-37)39-15-6-10-20-48(39)64-51;1-3-14-32(15-4-1)48-40-30-39(49-47(37-20-9-12-24-43(37)58-49)46(40)35-18-7-10-22-41(35)53-48)31-26-28-34(29-27-31)51-54-50(33-16-5-2-6-17-33)55-52(56-51)38-21-13-25-44-45(38)36-19-8-11-23-42(36)57-44/h1-32H;1-30H. The fourth-order valence-electron chi connectivity index (χ4n) is 18.1. The number of aromatic nitrogens is 8. The molecule has 10 nitrogen and oxygen atoms in total. The van der Waals surface area contributed by atoms with Gasteiger partial charge in [-0.25, -0.2) is 39.9 Å². The van der Waals surface area contributed by atoms with Crippen molar-refractivity contribution in [3.63, 3.8) is 0 Å². The highest BCUT2D eigenvalue weighted by atomic mass is 32.1. The van der Waals surface area contributed by atoms with E-state index in [2.05, 4.69) is 297 Å². The number of para-hydroxylation sites is 4. The molecule has 0 amide bonds. The van der Waals surface area contributed by atoms with Crippen molar-refractivity contribution in [2.75, 3.05) is 0 Å². The van der Waals surface area contributed by atoms with E-state index in [-0.39, 0.29) is 0 Å². The van der Waals surface area contributed by atoms with Crippen molar-refractivity contribution in [2.24, 2.45) is 0 Å². The first-order chi connectivity index (χ1) is 60.9. The molecule has 0 N–H and O–H groups in total. The van der Waals surface area contributed by atoms with Gasteiger partial charge in [-0.15, -0.1) is 34.0 Å². The van der Waals surface area contributed by atoms with Crippen molar-refractivity contribution in [3.8, 4) is 113 Å². The van der Waals surface area contributed by atoms with Crippen molar-refractivity contribution >= 4 is 182 Å². The highest BCUT2D eigenvalue weighted by Crippen LogP contribution is 2.51. The molecule has 0 saturated heterocycles. The van der Waals surface area contributed by atoms with E-state index >= 15 is 0 Å². The second-order valence-corrected chi connectivity index (χ2v) is 34.2. The molecule has 0 fully saturated rings. The molecule has 13 heteroatoms. The van der Waals surface area contributed by atoms with Crippen LogP contribution >= 0.6 is 34.0 Å². The number of furan rings is 2. The number of hydrogen-bond acceptors (Lipinski definition) is 13. The minimum atomic E-state index is 0.578. The van der Waals surface area contributed by atoms with Crippen molar-refractivity contribution < 1.29 is 8.83 Å². The molecule has 0 radical (unpaired) electrons. The molecule has 0 spiro atoms. The Kier molecular flexibility index (Phi) is 16.3. The SMILES string of the molecule is c1ccc(-c2nc(-c3ccc(-c4cc5c(-c6ccccc6)nc6ccccc6c5c5c4oc4ccccc45)cc3)nc(-c3cccc4oc5ccccc5c34)n2)cc1.c1ccc(-c2nc3ccccc3c3c2cc(-c2ccc(-c4nc(-c5ccc6sc7ccccc7c6c5)nc(-c5ccc6sc7ccccc7c6c5)n4)cc2)c2sc4ccccc4c23)cc1. The van der Waals surface area contributed by atoms with Crippen LogP contribution in [0.25, 0.3) is 261 Å². The lowest BCUT2D eigenvalue weighted by atomic mass is 9.91. The molecular formula is C110H62N8O2S3. The predicted molar refractivity (Wildman–Crippen MR) is 513 cm³/mol. The number of nitrogens with zero attached hydrogens (tertiary/aromatic N) is 8. The monoisotopic (exact) mass is 1620 g/mol. The Morgan fingerprint density at radius 1 is 0.179 bits per heavy atom. The maximum Gasteiger partial charge on any atom is 0.164 e. The molecule has 9 heterocycles. The molecule has 9 aromatic heterocycles. The topological polar surface area (TPSA) is 129 Å². The maximum atomic E-state index is 6.78. The van der Waals surface area contributed by atoms with Gasteiger partial charge in [0, 0.05) is 170 Å². The Morgan fingerprint density at radius 2 is 0.545 bits per heavy atom. The highest BCUT2D eigenvalue weighted by Gasteiger charge is 2.26. The maximum absolute atomic E-state index is 6.78. The molecule has 0 aliphatic rings. The molecule has 0 unspecified atom stereocenters. The van der Waals surface area contributed by atoms with Gasteiger partial charge in [0.2, 0.25) is 0 Å². The molecule has 26 rings (SSSR count). The normalized spacial score (nSPS) is 11.9. The molecule has 0 atom stereocenters. The van der Waals surface area contributed by atoms with Gasteiger partial charge in [0.1, 0.15) is 22.3 Å². The minimum absolute atomic E-state index is 0.578. The minimum Gasteiger partial charge on any atom is -0.456 e. The Bertz CT molecular complexity index is 8690. The molecule has 26 aromatic rings. The first-order valence-electron chi connectivity index (χ1n) is 40.9. The van der Waals surface area contributed by atoms with E-state index in [0.29, 0.717) is 34.9 Å². The Morgan fingerprint density at radius 3 is 1.08 bits per heavy atom. The van der Waals surface area contributed by atoms with E-state index in [4.69, 9.17) is 48.7 Å². The smallest absolute Gasteiger partial charge is 0.164 e. The van der Waals surface area contributed by atoms with Gasteiger partial charge in [-0.1, -0.05) is 279 Å². The first kappa shape index (κ1) is 70.4. The molecule has 0 saturated carbocycles. The van der Waals surface area contributed by atoms with Gasteiger partial charge >= 0.3 is 0 Å². The third-order valence-corrected chi connectivity index (χ3v) is 27.3. The number of benzene rings is 17. The Balaban J connectivity index is 0.000000136. The summed E-state index contributed by atoms with van der Waals surface area (Å²) in [6, 6.07) is 132. The van der Waals surface area contributed by atoms with Crippen molar-refractivity contribution in [1.29, 1.82) is 0 Å². The molecule has 0 bridgehead atoms. The van der Waals surface area contributed by atoms with Crippen LogP contribution in [-0.2, 0) is 0 Å². The van der Waals surface area contributed by atoms with E-state index in [1.807, 2.05) is 113 Å². The van der Waals surface area contributed by atoms with Crippen LogP contribution in [0.15, 0.2) is 385 Å². The third kappa shape index (κ3) is 11.8. The van der Waals surface area contributed by atoms with Crippen LogP contribution in [0, 0.1) is 0 Å². The second-order valence-electron chi connectivity index (χ2n) is 31.0. The number of pyridine rings is 2. The van der Waals surface area contributed by atoms with E-state index in [0.717, 1.165) is 154 Å². The van der Waals surface area contributed by atoms with Crippen molar-refractivity contribution in [3.05, 3.63) is 376 Å². The van der Waals surface area contributed by atoms with Crippen LogP contribution in [0.1, 0.15) is 0 Å². The van der Waals surface area contributed by atoms with Crippen LogP contribution in [0.5, 0.6) is 0 Å². The van der Waals surface area contributed by atoms with Gasteiger partial charge in [0.25, 0.3) is 0 Å². The summed E-state index contributed by atoms with van der Waals surface area (Å²) < 4.78 is 20.6. The van der Waals surface area contributed by atoms with Gasteiger partial charge < -0.3 is 8.83 Å². The number of thiophene rings is 3. The number of rotatable bonds is 10. The van der Waals surface area contributed by atoms with Crippen LogP contribution in [-0.4, -0.2) is 39.9 Å². The average molecular weight is 1620 g/mol. The molecular weight excluding hydrogens is 1560 g/mol. The zero-order chi connectivity index (χ0) is 80.7. The Hall–Kier alpha value is -15.6. The largest absolute Gasteiger partial charge is 0.456 e. The molecule has 123 heavy (non-hydrogen) atoms. The fraction of sp³-hybridized carbons (Fsp3) is 0. The fourth-order valence-corrected chi connectivity index (χ4v) is 21.5. The predicted octanol–water partition coefficient (Wildman–Crippen LogP) is 30.7. The lowest BCUT2D eigenvalue weighted by molar-refractivity contribution is 0.669. The first-order valence-corrected chi connectivity index (χ1v) is 43.4. The zero-order valence-electron chi connectivity index (χ0n) is 65.4. The van der Waals surface area contributed by atoms with Crippen LogP contribution in [0.2, 0.25) is 0 Å². The Labute approximate surface area is 714 Å². The van der Waals surface area contributed by atoms with Crippen LogP contribution in [0.4, 0.5) is 0 Å². The van der Waals surface area contributed by atoms with Crippen LogP contribution < -0.4 is 0 Å². The van der Waals surface area contributed by atoms with Gasteiger partial charge in [0.15, 0.2) is 34.9 Å². The summed E-state index contributed by atoms with van der Waals surface area (Å²) in [4.78, 5) is 41.6. The zero-order valence-corrected chi connectivity index (χ0v) is 67.9. The van der Waals surface area contributed by atoms with Crippen LogP contribution in [0.3, 0.4) is 0 Å². The van der Waals surface area contributed by atoms with Gasteiger partial charge in [0.05, 0.1) is 22.4 Å². The van der Waals surface area contributed by atoms with Crippen molar-refractivity contribution in [2.45, 2.75) is 0 Å².